The molecule has 0 bridgehead atoms. The summed E-state index contributed by atoms with van der Waals surface area (Å²) in [4.78, 5) is 5.21. The average molecular weight is 269 g/mol. The Balaban J connectivity index is 2.06. The van der Waals surface area contributed by atoms with Crippen molar-refractivity contribution in [3.8, 4) is 11.8 Å². The van der Waals surface area contributed by atoms with Crippen LogP contribution >= 0.6 is 11.8 Å². The molecule has 2 nitrogen and oxygen atoms in total. The molecule has 0 amide bonds. The minimum atomic E-state index is 0.112. The molecule has 19 heavy (non-hydrogen) atoms. The predicted molar refractivity (Wildman–Crippen MR) is 78.8 cm³/mol. The first-order valence-electron chi connectivity index (χ1n) is 6.10. The Bertz CT molecular complexity index is 572. The van der Waals surface area contributed by atoms with Gasteiger partial charge in [-0.1, -0.05) is 30.0 Å². The molecular formula is C16H15NOS. The summed E-state index contributed by atoms with van der Waals surface area (Å²) in [7, 11) is 0. The van der Waals surface area contributed by atoms with Crippen LogP contribution in [-0.2, 0) is 5.75 Å². The summed E-state index contributed by atoms with van der Waals surface area (Å²) < 4.78 is 0. The molecule has 0 aliphatic heterocycles. The number of pyridine rings is 1. The third-order valence-electron chi connectivity index (χ3n) is 2.52. The highest BCUT2D eigenvalue weighted by Gasteiger charge is 2.00. The van der Waals surface area contributed by atoms with E-state index in [2.05, 4.69) is 22.9 Å². The Morgan fingerprint density at radius 2 is 1.89 bits per heavy atom. The highest BCUT2D eigenvalue weighted by atomic mass is 32.2. The standard InChI is InChI=1S/C16H15NOS/c18-12-4-3-6-14-5-1-2-7-15(14)13-19-16-8-10-17-11-9-16/h1-2,5,7-11,18H,4,12-13H2. The van der Waals surface area contributed by atoms with E-state index >= 15 is 0 Å². The first-order chi connectivity index (χ1) is 9.40. The number of thioether (sulfide) groups is 1. The van der Waals surface area contributed by atoms with Crippen molar-refractivity contribution in [3.05, 3.63) is 59.9 Å². The monoisotopic (exact) mass is 269 g/mol. The van der Waals surface area contributed by atoms with Gasteiger partial charge in [0, 0.05) is 35.0 Å². The number of nitrogens with zero attached hydrogens (tertiary/aromatic N) is 1. The Labute approximate surface area is 117 Å². The van der Waals surface area contributed by atoms with E-state index in [4.69, 9.17) is 5.11 Å². The largest absolute Gasteiger partial charge is 0.395 e. The summed E-state index contributed by atoms with van der Waals surface area (Å²) in [6.07, 6.45) is 4.12. The van der Waals surface area contributed by atoms with Gasteiger partial charge >= 0.3 is 0 Å². The van der Waals surface area contributed by atoms with E-state index in [1.54, 1.807) is 24.2 Å². The zero-order chi connectivity index (χ0) is 13.3. The Morgan fingerprint density at radius 1 is 1.11 bits per heavy atom. The smallest absolute Gasteiger partial charge is 0.0540 e. The Kier molecular flexibility index (Phi) is 5.49. The van der Waals surface area contributed by atoms with Crippen molar-refractivity contribution in [2.75, 3.05) is 6.61 Å². The second kappa shape index (κ2) is 7.63. The molecule has 2 rings (SSSR count). The van der Waals surface area contributed by atoms with Crippen LogP contribution in [0.1, 0.15) is 17.5 Å². The topological polar surface area (TPSA) is 33.1 Å². The van der Waals surface area contributed by atoms with Crippen LogP contribution in [0.15, 0.2) is 53.7 Å². The normalized spacial score (nSPS) is 9.74. The van der Waals surface area contributed by atoms with Crippen molar-refractivity contribution >= 4 is 11.8 Å². The van der Waals surface area contributed by atoms with Crippen molar-refractivity contribution in [3.63, 3.8) is 0 Å². The van der Waals surface area contributed by atoms with E-state index in [1.165, 1.54) is 10.5 Å². The molecule has 1 N–H and O–H groups in total. The highest BCUT2D eigenvalue weighted by molar-refractivity contribution is 7.98. The molecule has 0 fully saturated rings. The predicted octanol–water partition coefficient (Wildman–Crippen LogP) is 3.11. The maximum Gasteiger partial charge on any atom is 0.0540 e. The first-order valence-corrected chi connectivity index (χ1v) is 7.09. The van der Waals surface area contributed by atoms with Crippen LogP contribution in [0.25, 0.3) is 0 Å². The summed E-state index contributed by atoms with van der Waals surface area (Å²) in [5, 5.41) is 8.75. The van der Waals surface area contributed by atoms with Gasteiger partial charge in [-0.2, -0.15) is 0 Å². The van der Waals surface area contributed by atoms with E-state index < -0.39 is 0 Å². The molecule has 0 spiro atoms. The molecule has 1 heterocycles. The molecule has 0 aliphatic rings. The van der Waals surface area contributed by atoms with E-state index in [9.17, 15) is 0 Å². The first kappa shape index (κ1) is 13.7. The van der Waals surface area contributed by atoms with Gasteiger partial charge in [-0.05, 0) is 23.8 Å². The summed E-state index contributed by atoms with van der Waals surface area (Å²) >= 11 is 1.77. The lowest BCUT2D eigenvalue weighted by Crippen LogP contribution is -1.87. The quantitative estimate of drug-likeness (QED) is 0.684. The van der Waals surface area contributed by atoms with Gasteiger partial charge in [0.15, 0.2) is 0 Å². The summed E-state index contributed by atoms with van der Waals surface area (Å²) in [6, 6.07) is 12.1. The fraction of sp³-hybridized carbons (Fsp3) is 0.188. The third kappa shape index (κ3) is 4.44. The second-order valence-corrected chi connectivity index (χ2v) is 4.95. The zero-order valence-corrected chi connectivity index (χ0v) is 11.4. The van der Waals surface area contributed by atoms with Gasteiger partial charge in [-0.25, -0.2) is 0 Å². The minimum Gasteiger partial charge on any atom is -0.395 e. The van der Waals surface area contributed by atoms with Crippen LogP contribution in [0, 0.1) is 11.8 Å². The van der Waals surface area contributed by atoms with Crippen molar-refractivity contribution in [1.29, 1.82) is 0 Å². The fourth-order valence-electron chi connectivity index (χ4n) is 1.58. The van der Waals surface area contributed by atoms with Crippen molar-refractivity contribution < 1.29 is 5.11 Å². The molecule has 2 aromatic rings. The highest BCUT2D eigenvalue weighted by Crippen LogP contribution is 2.23. The van der Waals surface area contributed by atoms with Crippen molar-refractivity contribution in [1.82, 2.24) is 4.98 Å². The lowest BCUT2D eigenvalue weighted by molar-refractivity contribution is 0.305. The molecule has 0 unspecified atom stereocenters. The maximum absolute atomic E-state index is 8.75. The van der Waals surface area contributed by atoms with Gasteiger partial charge in [-0.3, -0.25) is 4.98 Å². The molecule has 3 heteroatoms. The van der Waals surface area contributed by atoms with Crippen LogP contribution in [0.5, 0.6) is 0 Å². The average Bonchev–Trinajstić information content (AvgIpc) is 2.48. The number of rotatable bonds is 4. The number of aliphatic hydroxyl groups is 1. The molecule has 96 valence electrons. The molecule has 0 saturated heterocycles. The van der Waals surface area contributed by atoms with Gasteiger partial charge in [0.2, 0.25) is 0 Å². The SMILES string of the molecule is OCCC#Cc1ccccc1CSc1ccncc1. The number of benzene rings is 1. The molecular weight excluding hydrogens is 254 g/mol. The fourth-order valence-corrected chi connectivity index (χ4v) is 2.47. The Hall–Kier alpha value is -1.76. The van der Waals surface area contributed by atoms with Crippen LogP contribution in [-0.4, -0.2) is 16.7 Å². The second-order valence-electron chi connectivity index (χ2n) is 3.90. The van der Waals surface area contributed by atoms with Gasteiger partial charge in [0.05, 0.1) is 6.61 Å². The van der Waals surface area contributed by atoms with Crippen LogP contribution < -0.4 is 0 Å². The van der Waals surface area contributed by atoms with Crippen molar-refractivity contribution in [2.24, 2.45) is 0 Å². The lowest BCUT2D eigenvalue weighted by atomic mass is 10.1. The number of aliphatic hydroxyl groups excluding tert-OH is 1. The molecule has 1 aromatic carbocycles. The van der Waals surface area contributed by atoms with E-state index in [0.29, 0.717) is 6.42 Å². The van der Waals surface area contributed by atoms with Gasteiger partial charge in [0.1, 0.15) is 0 Å². The molecule has 1 aromatic heterocycles. The van der Waals surface area contributed by atoms with Gasteiger partial charge < -0.3 is 5.11 Å². The Morgan fingerprint density at radius 3 is 2.68 bits per heavy atom. The summed E-state index contributed by atoms with van der Waals surface area (Å²) in [6.45, 7) is 0.112. The maximum atomic E-state index is 8.75. The molecule has 0 atom stereocenters. The van der Waals surface area contributed by atoms with Crippen molar-refractivity contribution in [2.45, 2.75) is 17.1 Å². The van der Waals surface area contributed by atoms with Crippen LogP contribution in [0.3, 0.4) is 0 Å². The zero-order valence-electron chi connectivity index (χ0n) is 10.5. The number of hydrogen-bond donors (Lipinski definition) is 1. The van der Waals surface area contributed by atoms with Gasteiger partial charge in [-0.15, -0.1) is 11.8 Å². The third-order valence-corrected chi connectivity index (χ3v) is 3.58. The van der Waals surface area contributed by atoms with E-state index in [0.717, 1.165) is 11.3 Å². The van der Waals surface area contributed by atoms with Crippen LogP contribution in [0.4, 0.5) is 0 Å². The number of hydrogen-bond acceptors (Lipinski definition) is 3. The van der Waals surface area contributed by atoms with Gasteiger partial charge in [0.25, 0.3) is 0 Å². The summed E-state index contributed by atoms with van der Waals surface area (Å²) in [5.41, 5.74) is 2.26. The summed E-state index contributed by atoms with van der Waals surface area (Å²) in [5.74, 6) is 6.97. The molecule has 0 saturated carbocycles. The minimum absolute atomic E-state index is 0.112. The number of aromatic nitrogens is 1. The molecule has 0 radical (unpaired) electrons. The lowest BCUT2D eigenvalue weighted by Gasteiger charge is -2.04. The van der Waals surface area contributed by atoms with E-state index in [1.807, 2.05) is 30.3 Å². The van der Waals surface area contributed by atoms with E-state index in [-0.39, 0.29) is 6.61 Å². The molecule has 0 aliphatic carbocycles. The van der Waals surface area contributed by atoms with Crippen LogP contribution in [0.2, 0.25) is 0 Å².